The van der Waals surface area contributed by atoms with E-state index in [-0.39, 0.29) is 0 Å². The van der Waals surface area contributed by atoms with E-state index in [1.165, 1.54) is 23.7 Å². The zero-order valence-corrected chi connectivity index (χ0v) is 9.70. The Bertz CT molecular complexity index is 530. The monoisotopic (exact) mass is 231 g/mol. The fraction of sp³-hybridized carbons (Fsp3) is 0.385. The SMILES string of the molecule is CC1CCc2[nH]nc(-c3ccc(F)nc3)c2C1. The molecule has 1 aliphatic rings. The van der Waals surface area contributed by atoms with Crippen LogP contribution in [0.1, 0.15) is 24.6 Å². The van der Waals surface area contributed by atoms with Crippen LogP contribution >= 0.6 is 0 Å². The van der Waals surface area contributed by atoms with Crippen molar-refractivity contribution in [2.24, 2.45) is 5.92 Å². The maximum absolute atomic E-state index is 12.8. The second-order valence-corrected chi connectivity index (χ2v) is 4.75. The summed E-state index contributed by atoms with van der Waals surface area (Å²) < 4.78 is 12.8. The summed E-state index contributed by atoms with van der Waals surface area (Å²) >= 11 is 0. The summed E-state index contributed by atoms with van der Waals surface area (Å²) in [6, 6.07) is 3.11. The molecule has 3 nitrogen and oxygen atoms in total. The van der Waals surface area contributed by atoms with Crippen LogP contribution in [0.5, 0.6) is 0 Å². The summed E-state index contributed by atoms with van der Waals surface area (Å²) in [5, 5.41) is 7.43. The zero-order chi connectivity index (χ0) is 11.8. The quantitative estimate of drug-likeness (QED) is 0.767. The van der Waals surface area contributed by atoms with Gasteiger partial charge in [-0.05, 0) is 37.3 Å². The molecular formula is C13H14FN3. The first-order chi connectivity index (χ1) is 8.24. The van der Waals surface area contributed by atoms with Gasteiger partial charge >= 0.3 is 0 Å². The molecule has 2 aromatic heterocycles. The molecule has 88 valence electrons. The molecule has 1 atom stereocenters. The van der Waals surface area contributed by atoms with Crippen molar-refractivity contribution < 1.29 is 4.39 Å². The maximum Gasteiger partial charge on any atom is 0.212 e. The van der Waals surface area contributed by atoms with Gasteiger partial charge in [-0.25, -0.2) is 4.98 Å². The summed E-state index contributed by atoms with van der Waals surface area (Å²) in [5.74, 6) is 0.235. The van der Waals surface area contributed by atoms with Gasteiger partial charge in [-0.1, -0.05) is 6.92 Å². The fourth-order valence-electron chi connectivity index (χ4n) is 2.42. The molecule has 1 unspecified atom stereocenters. The Morgan fingerprint density at radius 1 is 1.41 bits per heavy atom. The number of halogens is 1. The largest absolute Gasteiger partial charge is 0.282 e. The maximum atomic E-state index is 12.8. The number of aryl methyl sites for hydroxylation is 1. The highest BCUT2D eigenvalue weighted by Crippen LogP contribution is 2.31. The molecule has 0 amide bonds. The van der Waals surface area contributed by atoms with E-state index in [1.54, 1.807) is 12.3 Å². The van der Waals surface area contributed by atoms with E-state index in [0.717, 1.165) is 24.1 Å². The third-order valence-corrected chi connectivity index (χ3v) is 3.39. The molecule has 1 N–H and O–H groups in total. The van der Waals surface area contributed by atoms with Crippen LogP contribution in [-0.4, -0.2) is 15.2 Å². The minimum Gasteiger partial charge on any atom is -0.282 e. The molecule has 17 heavy (non-hydrogen) atoms. The molecule has 0 fully saturated rings. The number of aromatic nitrogens is 3. The van der Waals surface area contributed by atoms with Crippen LogP contribution in [0.15, 0.2) is 18.3 Å². The minimum atomic E-state index is -0.452. The number of aromatic amines is 1. The Morgan fingerprint density at radius 2 is 2.29 bits per heavy atom. The third kappa shape index (κ3) is 1.84. The van der Waals surface area contributed by atoms with Crippen LogP contribution < -0.4 is 0 Å². The molecule has 2 heterocycles. The molecule has 0 radical (unpaired) electrons. The average molecular weight is 231 g/mol. The summed E-state index contributed by atoms with van der Waals surface area (Å²) in [4.78, 5) is 3.68. The number of rotatable bonds is 1. The molecule has 0 aliphatic heterocycles. The number of fused-ring (bicyclic) bond motifs is 1. The highest BCUT2D eigenvalue weighted by molar-refractivity contribution is 5.63. The molecular weight excluding hydrogens is 217 g/mol. The second kappa shape index (κ2) is 3.95. The summed E-state index contributed by atoms with van der Waals surface area (Å²) in [6.07, 6.45) is 4.85. The normalized spacial score (nSPS) is 19.1. The van der Waals surface area contributed by atoms with E-state index in [4.69, 9.17) is 0 Å². The van der Waals surface area contributed by atoms with Gasteiger partial charge in [0.2, 0.25) is 5.95 Å². The highest BCUT2D eigenvalue weighted by atomic mass is 19.1. The molecule has 1 aliphatic carbocycles. The van der Waals surface area contributed by atoms with E-state index < -0.39 is 5.95 Å². The lowest BCUT2D eigenvalue weighted by Gasteiger charge is -2.18. The number of H-pyrrole nitrogens is 1. The van der Waals surface area contributed by atoms with E-state index in [0.29, 0.717) is 5.92 Å². The number of hydrogen-bond acceptors (Lipinski definition) is 2. The fourth-order valence-corrected chi connectivity index (χ4v) is 2.42. The summed E-state index contributed by atoms with van der Waals surface area (Å²) in [6.45, 7) is 2.25. The third-order valence-electron chi connectivity index (χ3n) is 3.39. The molecule has 2 aromatic rings. The van der Waals surface area contributed by atoms with Gasteiger partial charge in [0.1, 0.15) is 0 Å². The van der Waals surface area contributed by atoms with Crippen LogP contribution in [0.25, 0.3) is 11.3 Å². The Labute approximate surface area is 99.1 Å². The van der Waals surface area contributed by atoms with Gasteiger partial charge < -0.3 is 0 Å². The van der Waals surface area contributed by atoms with Gasteiger partial charge in [0.25, 0.3) is 0 Å². The Kier molecular flexibility index (Phi) is 2.42. The first-order valence-electron chi connectivity index (χ1n) is 5.92. The van der Waals surface area contributed by atoms with Crippen LogP contribution in [0.2, 0.25) is 0 Å². The van der Waals surface area contributed by atoms with Crippen molar-refractivity contribution >= 4 is 0 Å². The number of nitrogens with zero attached hydrogens (tertiary/aromatic N) is 2. The van der Waals surface area contributed by atoms with E-state index >= 15 is 0 Å². The van der Waals surface area contributed by atoms with Crippen molar-refractivity contribution in [3.63, 3.8) is 0 Å². The molecule has 0 aromatic carbocycles. The smallest absolute Gasteiger partial charge is 0.212 e. The molecule has 0 saturated heterocycles. The molecule has 3 rings (SSSR count). The zero-order valence-electron chi connectivity index (χ0n) is 9.70. The van der Waals surface area contributed by atoms with Crippen LogP contribution in [0, 0.1) is 11.9 Å². The topological polar surface area (TPSA) is 41.6 Å². The van der Waals surface area contributed by atoms with Crippen molar-refractivity contribution in [1.29, 1.82) is 0 Å². The van der Waals surface area contributed by atoms with Crippen molar-refractivity contribution in [3.8, 4) is 11.3 Å². The molecule has 4 heteroatoms. The van der Waals surface area contributed by atoms with E-state index in [9.17, 15) is 4.39 Å². The minimum absolute atomic E-state index is 0.452. The van der Waals surface area contributed by atoms with Gasteiger partial charge in [0.15, 0.2) is 0 Å². The van der Waals surface area contributed by atoms with E-state index in [2.05, 4.69) is 22.1 Å². The average Bonchev–Trinajstić information content (AvgIpc) is 2.73. The first kappa shape index (κ1) is 10.4. The van der Waals surface area contributed by atoms with Gasteiger partial charge in [0.05, 0.1) is 5.69 Å². The Balaban J connectivity index is 2.04. The molecule has 0 bridgehead atoms. The van der Waals surface area contributed by atoms with Crippen molar-refractivity contribution in [2.45, 2.75) is 26.2 Å². The van der Waals surface area contributed by atoms with Gasteiger partial charge in [-0.2, -0.15) is 9.49 Å². The predicted molar refractivity (Wildman–Crippen MR) is 63.0 cm³/mol. The van der Waals surface area contributed by atoms with Gasteiger partial charge in [-0.3, -0.25) is 5.10 Å². The second-order valence-electron chi connectivity index (χ2n) is 4.75. The summed E-state index contributed by atoms with van der Waals surface area (Å²) in [7, 11) is 0. The number of hydrogen-bond donors (Lipinski definition) is 1. The predicted octanol–water partition coefficient (Wildman–Crippen LogP) is 2.74. The number of nitrogens with one attached hydrogen (secondary N) is 1. The van der Waals surface area contributed by atoms with Crippen LogP contribution in [0.3, 0.4) is 0 Å². The van der Waals surface area contributed by atoms with Crippen LogP contribution in [-0.2, 0) is 12.8 Å². The lowest BCUT2D eigenvalue weighted by atomic mass is 9.87. The number of pyridine rings is 1. The van der Waals surface area contributed by atoms with E-state index in [1.807, 2.05) is 0 Å². The van der Waals surface area contributed by atoms with Gasteiger partial charge in [0, 0.05) is 23.0 Å². The lowest BCUT2D eigenvalue weighted by Crippen LogP contribution is -2.10. The van der Waals surface area contributed by atoms with Crippen molar-refractivity contribution in [3.05, 3.63) is 35.5 Å². The Hall–Kier alpha value is -1.71. The molecule has 0 spiro atoms. The molecule has 0 saturated carbocycles. The lowest BCUT2D eigenvalue weighted by molar-refractivity contribution is 0.498. The van der Waals surface area contributed by atoms with Gasteiger partial charge in [-0.15, -0.1) is 0 Å². The summed E-state index contributed by atoms with van der Waals surface area (Å²) in [5.41, 5.74) is 4.32. The Morgan fingerprint density at radius 3 is 3.06 bits per heavy atom. The highest BCUT2D eigenvalue weighted by Gasteiger charge is 2.21. The first-order valence-corrected chi connectivity index (χ1v) is 5.92. The van der Waals surface area contributed by atoms with Crippen LogP contribution in [0.4, 0.5) is 4.39 Å². The van der Waals surface area contributed by atoms with Crippen molar-refractivity contribution in [2.75, 3.05) is 0 Å². The van der Waals surface area contributed by atoms with Crippen molar-refractivity contribution in [1.82, 2.24) is 15.2 Å². The standard InChI is InChI=1S/C13H14FN3/c1-8-2-4-11-10(6-8)13(17-16-11)9-3-5-12(14)15-7-9/h3,5,7-8H,2,4,6H2,1H3,(H,16,17).